The molecular formula is C28H19IN2O. The third-order valence-electron chi connectivity index (χ3n) is 5.30. The molecule has 0 saturated heterocycles. The van der Waals surface area contributed by atoms with Gasteiger partial charge in [-0.1, -0.05) is 91.0 Å². The molecule has 0 N–H and O–H groups in total. The van der Waals surface area contributed by atoms with Gasteiger partial charge in [-0.2, -0.15) is 0 Å². The molecule has 0 amide bonds. The van der Waals surface area contributed by atoms with Crippen LogP contribution in [-0.4, -0.2) is 15.2 Å². The third kappa shape index (κ3) is 4.01. The van der Waals surface area contributed by atoms with Crippen molar-refractivity contribution in [3.63, 3.8) is 0 Å². The number of imidazole rings is 1. The second-order valence-electron chi connectivity index (χ2n) is 7.40. The number of halogens is 1. The van der Waals surface area contributed by atoms with Crippen molar-refractivity contribution in [2.24, 2.45) is 0 Å². The molecule has 0 atom stereocenters. The first kappa shape index (κ1) is 20.4. The summed E-state index contributed by atoms with van der Waals surface area (Å²) in [7, 11) is 0. The van der Waals surface area contributed by atoms with Crippen molar-refractivity contribution in [1.82, 2.24) is 9.38 Å². The lowest BCUT2D eigenvalue weighted by atomic mass is 9.96. The Hall–Kier alpha value is -3.51. The van der Waals surface area contributed by atoms with Crippen molar-refractivity contribution in [2.45, 2.75) is 0 Å². The molecule has 0 saturated carbocycles. The zero-order valence-corrected chi connectivity index (χ0v) is 19.3. The molecule has 4 heteroatoms. The minimum atomic E-state index is -0.0379. The highest BCUT2D eigenvalue weighted by molar-refractivity contribution is 14.1. The van der Waals surface area contributed by atoms with E-state index in [0.29, 0.717) is 5.56 Å². The first-order chi connectivity index (χ1) is 15.7. The Bertz CT molecular complexity index is 1420. The fraction of sp³-hybridized carbons (Fsp3) is 0. The Labute approximate surface area is 200 Å². The van der Waals surface area contributed by atoms with Crippen LogP contribution in [0.1, 0.15) is 21.6 Å². The lowest BCUT2D eigenvalue weighted by Crippen LogP contribution is -2.01. The third-order valence-corrected chi connectivity index (χ3v) is 5.94. The SMILES string of the molecule is O=C(/C=C(/c1ccccc1)c1c(-c2ccccc2)nc2ccc(I)cn12)c1ccccc1. The number of rotatable bonds is 5. The van der Waals surface area contributed by atoms with E-state index < -0.39 is 0 Å². The monoisotopic (exact) mass is 526 g/mol. The molecule has 0 aliphatic carbocycles. The summed E-state index contributed by atoms with van der Waals surface area (Å²) in [5, 5.41) is 0. The normalized spacial score (nSPS) is 11.6. The molecule has 0 aliphatic rings. The van der Waals surface area contributed by atoms with Crippen LogP contribution < -0.4 is 0 Å². The van der Waals surface area contributed by atoms with Gasteiger partial charge in [0.2, 0.25) is 0 Å². The summed E-state index contributed by atoms with van der Waals surface area (Å²) in [6.07, 6.45) is 3.80. The van der Waals surface area contributed by atoms with E-state index in [-0.39, 0.29) is 5.78 Å². The number of aromatic nitrogens is 2. The summed E-state index contributed by atoms with van der Waals surface area (Å²) in [4.78, 5) is 18.2. The van der Waals surface area contributed by atoms with E-state index >= 15 is 0 Å². The molecule has 3 aromatic carbocycles. The first-order valence-electron chi connectivity index (χ1n) is 10.3. The van der Waals surface area contributed by atoms with Gasteiger partial charge in [-0.05, 0) is 46.4 Å². The van der Waals surface area contributed by atoms with Gasteiger partial charge in [0.05, 0.1) is 11.4 Å². The number of ketones is 1. The van der Waals surface area contributed by atoms with Crippen LogP contribution in [0.4, 0.5) is 0 Å². The summed E-state index contributed by atoms with van der Waals surface area (Å²) in [6, 6.07) is 33.6. The van der Waals surface area contributed by atoms with Gasteiger partial charge in [0.15, 0.2) is 5.78 Å². The zero-order valence-electron chi connectivity index (χ0n) is 17.2. The maximum atomic E-state index is 13.3. The number of nitrogens with zero attached hydrogens (tertiary/aromatic N) is 2. The zero-order chi connectivity index (χ0) is 21.9. The maximum Gasteiger partial charge on any atom is 0.186 e. The maximum absolute atomic E-state index is 13.3. The van der Waals surface area contributed by atoms with Gasteiger partial charge < -0.3 is 0 Å². The lowest BCUT2D eigenvalue weighted by molar-refractivity contribution is 0.104. The van der Waals surface area contributed by atoms with Crippen molar-refractivity contribution in [1.29, 1.82) is 0 Å². The van der Waals surface area contributed by atoms with Crippen LogP contribution in [0.3, 0.4) is 0 Å². The fourth-order valence-electron chi connectivity index (χ4n) is 3.80. The fourth-order valence-corrected chi connectivity index (χ4v) is 4.25. The Kier molecular flexibility index (Phi) is 5.69. The molecule has 5 rings (SSSR count). The Morgan fingerprint density at radius 3 is 2.00 bits per heavy atom. The van der Waals surface area contributed by atoms with Crippen molar-refractivity contribution < 1.29 is 4.79 Å². The molecule has 32 heavy (non-hydrogen) atoms. The van der Waals surface area contributed by atoms with Gasteiger partial charge in [0.1, 0.15) is 5.65 Å². The predicted octanol–water partition coefficient (Wildman–Crippen LogP) is 6.92. The molecular weight excluding hydrogens is 507 g/mol. The highest BCUT2D eigenvalue weighted by atomic mass is 127. The molecule has 5 aromatic rings. The highest BCUT2D eigenvalue weighted by Crippen LogP contribution is 2.34. The largest absolute Gasteiger partial charge is 0.298 e. The van der Waals surface area contributed by atoms with Crippen LogP contribution in [0.5, 0.6) is 0 Å². The van der Waals surface area contributed by atoms with Crippen LogP contribution in [-0.2, 0) is 0 Å². The first-order valence-corrected chi connectivity index (χ1v) is 11.4. The summed E-state index contributed by atoms with van der Waals surface area (Å²) < 4.78 is 3.18. The van der Waals surface area contributed by atoms with Crippen molar-refractivity contribution in [3.05, 3.63) is 136 Å². The Balaban J connectivity index is 1.82. The van der Waals surface area contributed by atoms with Crippen LogP contribution in [0.2, 0.25) is 0 Å². The summed E-state index contributed by atoms with van der Waals surface area (Å²) in [6.45, 7) is 0. The standard InChI is InChI=1S/C28H19IN2O/c29-23-16-17-26-30-27(22-14-8-3-9-15-22)28(31(26)19-23)24(20-10-4-1-5-11-20)18-25(32)21-12-6-2-7-13-21/h1-19H/b24-18-. The van der Waals surface area contributed by atoms with Crippen LogP contribution in [0.25, 0.3) is 22.5 Å². The summed E-state index contributed by atoms with van der Waals surface area (Å²) in [5.41, 5.74) is 6.07. The van der Waals surface area contributed by atoms with Gasteiger partial charge in [-0.25, -0.2) is 4.98 Å². The molecule has 2 heterocycles. The minimum absolute atomic E-state index is 0.0379. The van der Waals surface area contributed by atoms with E-state index in [4.69, 9.17) is 4.98 Å². The number of carbonyl (C=O) groups is 1. The second kappa shape index (κ2) is 8.93. The van der Waals surface area contributed by atoms with Crippen LogP contribution in [0.15, 0.2) is 115 Å². The molecule has 3 nitrogen and oxygen atoms in total. The van der Waals surface area contributed by atoms with Gasteiger partial charge in [0, 0.05) is 26.5 Å². The van der Waals surface area contributed by atoms with Crippen molar-refractivity contribution in [3.8, 4) is 11.3 Å². The van der Waals surface area contributed by atoms with Crippen LogP contribution >= 0.6 is 22.6 Å². The highest BCUT2D eigenvalue weighted by Gasteiger charge is 2.20. The number of allylic oxidation sites excluding steroid dienone is 1. The predicted molar refractivity (Wildman–Crippen MR) is 138 cm³/mol. The Morgan fingerprint density at radius 2 is 1.34 bits per heavy atom. The molecule has 0 fully saturated rings. The molecule has 0 aliphatic heterocycles. The van der Waals surface area contributed by atoms with Gasteiger partial charge >= 0.3 is 0 Å². The molecule has 2 aromatic heterocycles. The van der Waals surface area contributed by atoms with Crippen molar-refractivity contribution in [2.75, 3.05) is 0 Å². The van der Waals surface area contributed by atoms with E-state index in [1.807, 2.05) is 91.0 Å². The molecule has 0 bridgehead atoms. The van der Waals surface area contributed by atoms with Gasteiger partial charge in [-0.15, -0.1) is 0 Å². The average Bonchev–Trinajstić information content (AvgIpc) is 3.22. The minimum Gasteiger partial charge on any atom is -0.298 e. The van der Waals surface area contributed by atoms with E-state index in [0.717, 1.165) is 37.3 Å². The number of hydrogen-bond acceptors (Lipinski definition) is 2. The van der Waals surface area contributed by atoms with Gasteiger partial charge in [0.25, 0.3) is 0 Å². The van der Waals surface area contributed by atoms with E-state index in [2.05, 4.69) is 45.3 Å². The number of benzene rings is 3. The second-order valence-corrected chi connectivity index (χ2v) is 8.65. The van der Waals surface area contributed by atoms with Crippen molar-refractivity contribution >= 4 is 39.6 Å². The van der Waals surface area contributed by atoms with Gasteiger partial charge in [-0.3, -0.25) is 9.20 Å². The number of hydrogen-bond donors (Lipinski definition) is 0. The van der Waals surface area contributed by atoms with E-state index in [9.17, 15) is 4.79 Å². The quantitative estimate of drug-likeness (QED) is 0.142. The van der Waals surface area contributed by atoms with E-state index in [1.165, 1.54) is 0 Å². The average molecular weight is 526 g/mol. The molecule has 0 radical (unpaired) electrons. The number of pyridine rings is 1. The summed E-state index contributed by atoms with van der Waals surface area (Å²) >= 11 is 2.31. The smallest absolute Gasteiger partial charge is 0.186 e. The number of carbonyl (C=O) groups excluding carboxylic acids is 1. The molecule has 154 valence electrons. The van der Waals surface area contributed by atoms with Crippen LogP contribution in [0, 0.1) is 3.57 Å². The summed E-state index contributed by atoms with van der Waals surface area (Å²) in [5.74, 6) is -0.0379. The lowest BCUT2D eigenvalue weighted by Gasteiger charge is -2.12. The Morgan fingerprint density at radius 1 is 0.750 bits per heavy atom. The molecule has 0 unspecified atom stereocenters. The topological polar surface area (TPSA) is 34.4 Å². The number of fused-ring (bicyclic) bond motifs is 1. The molecule has 0 spiro atoms. The van der Waals surface area contributed by atoms with E-state index in [1.54, 1.807) is 6.08 Å².